The number of rotatable bonds is 4. The van der Waals surface area contributed by atoms with Gasteiger partial charge >= 0.3 is 6.55 Å². The van der Waals surface area contributed by atoms with Crippen molar-refractivity contribution in [3.05, 3.63) is 74.8 Å². The first-order chi connectivity index (χ1) is 15.2. The van der Waals surface area contributed by atoms with Crippen molar-refractivity contribution in [2.45, 2.75) is 31.5 Å². The van der Waals surface area contributed by atoms with Crippen molar-refractivity contribution in [3.63, 3.8) is 0 Å². The number of aliphatic imine (C=N–C) groups is 1. The third kappa shape index (κ3) is 3.62. The van der Waals surface area contributed by atoms with Gasteiger partial charge in [0.15, 0.2) is 10.8 Å². The van der Waals surface area contributed by atoms with Gasteiger partial charge in [0.05, 0.1) is 17.8 Å². The molecular weight excluding hydrogens is 463 g/mol. The monoisotopic (exact) mass is 479 g/mol. The zero-order chi connectivity index (χ0) is 22.6. The van der Waals surface area contributed by atoms with Crippen LogP contribution in [0.4, 0.5) is 13.2 Å². The number of alkyl halides is 2. The van der Waals surface area contributed by atoms with Crippen molar-refractivity contribution >= 4 is 34.3 Å². The molecule has 32 heavy (non-hydrogen) atoms. The van der Waals surface area contributed by atoms with E-state index in [2.05, 4.69) is 10.1 Å². The van der Waals surface area contributed by atoms with E-state index < -0.39 is 24.0 Å². The minimum absolute atomic E-state index is 0.154. The molecule has 2 atom stereocenters. The summed E-state index contributed by atoms with van der Waals surface area (Å²) in [5.74, 6) is 0.0375. The number of nitrogens with zero attached hydrogens (tertiary/aromatic N) is 5. The van der Waals surface area contributed by atoms with E-state index in [1.807, 2.05) is 10.3 Å². The maximum absolute atomic E-state index is 13.8. The molecule has 166 valence electrons. The molecule has 0 unspecified atom stereocenters. The summed E-state index contributed by atoms with van der Waals surface area (Å²) in [5.41, 5.74) is 0.944. The molecule has 1 fully saturated rings. The van der Waals surface area contributed by atoms with Gasteiger partial charge in [-0.05, 0) is 25.1 Å². The van der Waals surface area contributed by atoms with Gasteiger partial charge in [-0.2, -0.15) is 13.9 Å². The van der Waals surface area contributed by atoms with E-state index in [0.717, 1.165) is 0 Å². The molecule has 0 radical (unpaired) electrons. The molecule has 11 heteroatoms. The van der Waals surface area contributed by atoms with Crippen LogP contribution >= 0.6 is 22.9 Å². The second-order valence-corrected chi connectivity index (χ2v) is 9.24. The average Bonchev–Trinajstić information content (AvgIpc) is 3.46. The van der Waals surface area contributed by atoms with Crippen molar-refractivity contribution in [3.8, 4) is 0 Å². The molecule has 1 saturated heterocycles. The molecule has 0 aliphatic carbocycles. The van der Waals surface area contributed by atoms with Crippen LogP contribution in [0.25, 0.3) is 5.57 Å². The van der Waals surface area contributed by atoms with Gasteiger partial charge in [0.25, 0.3) is 0 Å². The number of aliphatic hydroxyl groups is 1. The van der Waals surface area contributed by atoms with Gasteiger partial charge in [0.2, 0.25) is 0 Å². The molecule has 3 aromatic rings. The Morgan fingerprint density at radius 1 is 1.31 bits per heavy atom. The van der Waals surface area contributed by atoms with Crippen molar-refractivity contribution in [2.75, 3.05) is 6.54 Å². The number of amidine groups is 1. The molecule has 0 amide bonds. The summed E-state index contributed by atoms with van der Waals surface area (Å²) in [6.45, 7) is -0.848. The lowest BCUT2D eigenvalue weighted by atomic mass is 9.91. The summed E-state index contributed by atoms with van der Waals surface area (Å²) >= 11 is 7.78. The second kappa shape index (κ2) is 7.72. The summed E-state index contributed by atoms with van der Waals surface area (Å²) in [5, 5.41) is 17.5. The highest BCUT2D eigenvalue weighted by Crippen LogP contribution is 2.47. The van der Waals surface area contributed by atoms with Crippen LogP contribution in [0.3, 0.4) is 0 Å². The van der Waals surface area contributed by atoms with Crippen molar-refractivity contribution in [1.29, 1.82) is 0 Å². The fraction of sp³-hybridized carbons (Fsp3) is 0.286. The van der Waals surface area contributed by atoms with Crippen LogP contribution in [-0.2, 0) is 0 Å². The molecule has 4 heterocycles. The summed E-state index contributed by atoms with van der Waals surface area (Å²) in [4.78, 5) is 11.1. The minimum Gasteiger partial charge on any atom is -0.388 e. The van der Waals surface area contributed by atoms with Crippen LogP contribution < -0.4 is 0 Å². The molecule has 5 rings (SSSR count). The fourth-order valence-electron chi connectivity index (χ4n) is 4.14. The molecule has 1 aromatic carbocycles. The lowest BCUT2D eigenvalue weighted by Crippen LogP contribution is -2.36. The first-order valence-electron chi connectivity index (χ1n) is 9.73. The number of benzene rings is 1. The Kier molecular flexibility index (Phi) is 5.11. The van der Waals surface area contributed by atoms with Crippen LogP contribution in [0, 0.1) is 5.82 Å². The Morgan fingerprint density at radius 2 is 2.12 bits per heavy atom. The van der Waals surface area contributed by atoms with E-state index in [9.17, 15) is 18.3 Å². The van der Waals surface area contributed by atoms with E-state index in [1.165, 1.54) is 41.8 Å². The second-order valence-electron chi connectivity index (χ2n) is 7.94. The van der Waals surface area contributed by atoms with Crippen LogP contribution in [0.2, 0.25) is 5.02 Å². The lowest BCUT2D eigenvalue weighted by Gasteiger charge is -2.32. The predicted molar refractivity (Wildman–Crippen MR) is 115 cm³/mol. The summed E-state index contributed by atoms with van der Waals surface area (Å²) in [6, 6.07) is 4.72. The highest BCUT2D eigenvalue weighted by molar-refractivity contribution is 7.11. The first-order valence-corrected chi connectivity index (χ1v) is 11.0. The number of hydrogen-bond acceptors (Lipinski definition) is 6. The quantitative estimate of drug-likeness (QED) is 0.578. The first kappa shape index (κ1) is 21.2. The fourth-order valence-corrected chi connectivity index (χ4v) is 5.05. The van der Waals surface area contributed by atoms with Gasteiger partial charge in [-0.3, -0.25) is 4.99 Å². The van der Waals surface area contributed by atoms with Crippen LogP contribution in [0.5, 0.6) is 0 Å². The minimum atomic E-state index is -2.80. The molecule has 1 N–H and O–H groups in total. The number of hydrogen-bond donors (Lipinski definition) is 1. The largest absolute Gasteiger partial charge is 0.388 e. The molecular formula is C21H17ClF3N5OS. The zero-order valence-corrected chi connectivity index (χ0v) is 18.3. The van der Waals surface area contributed by atoms with Gasteiger partial charge in [0.1, 0.15) is 11.9 Å². The third-order valence-corrected chi connectivity index (χ3v) is 6.53. The standard InChI is InChI=1S/C21H17ClF3N5OS/c1-21(31)9-15-16(14-4-6-30(28-14)20(24)25)17(12-3-2-11(23)8-13(12)22)27-18(29(15)10-21)19-26-5-7-32-19/h2-8,17,20,31H,9-10H2,1H3/t17-,21-/m0/s1. The topological polar surface area (TPSA) is 66.5 Å². The molecule has 2 aromatic heterocycles. The highest BCUT2D eigenvalue weighted by Gasteiger charge is 2.44. The van der Waals surface area contributed by atoms with Gasteiger partial charge in [-0.1, -0.05) is 17.7 Å². The Labute approximate surface area is 190 Å². The smallest absolute Gasteiger partial charge is 0.333 e. The van der Waals surface area contributed by atoms with Crippen molar-refractivity contribution in [1.82, 2.24) is 19.7 Å². The Hall–Kier alpha value is -2.69. The number of halogens is 4. The Balaban J connectivity index is 1.75. The number of fused-ring (bicyclic) bond motifs is 1. The normalized spacial score (nSPS) is 23.2. The maximum Gasteiger partial charge on any atom is 0.333 e. The maximum atomic E-state index is 13.8. The van der Waals surface area contributed by atoms with E-state index >= 15 is 0 Å². The summed E-state index contributed by atoms with van der Waals surface area (Å²) in [7, 11) is 0. The molecule has 2 aliphatic rings. The van der Waals surface area contributed by atoms with Crippen LogP contribution in [-0.4, -0.2) is 42.8 Å². The van der Waals surface area contributed by atoms with Crippen molar-refractivity contribution in [2.24, 2.45) is 4.99 Å². The molecule has 6 nitrogen and oxygen atoms in total. The Bertz CT molecular complexity index is 1240. The lowest BCUT2D eigenvalue weighted by molar-refractivity contribution is 0.0564. The third-order valence-electron chi connectivity index (χ3n) is 5.43. The van der Waals surface area contributed by atoms with E-state index in [1.54, 1.807) is 13.1 Å². The number of thiazole rings is 1. The highest BCUT2D eigenvalue weighted by atomic mass is 35.5. The van der Waals surface area contributed by atoms with Gasteiger partial charge < -0.3 is 10.0 Å². The summed E-state index contributed by atoms with van der Waals surface area (Å²) < 4.78 is 40.8. The van der Waals surface area contributed by atoms with Gasteiger partial charge in [-0.15, -0.1) is 11.3 Å². The molecule has 2 aliphatic heterocycles. The number of aromatic nitrogens is 3. The van der Waals surface area contributed by atoms with E-state index in [-0.39, 0.29) is 23.7 Å². The Morgan fingerprint density at radius 3 is 2.78 bits per heavy atom. The predicted octanol–water partition coefficient (Wildman–Crippen LogP) is 4.90. The van der Waals surface area contributed by atoms with Crippen molar-refractivity contribution < 1.29 is 18.3 Å². The van der Waals surface area contributed by atoms with E-state index in [4.69, 9.17) is 16.6 Å². The summed E-state index contributed by atoms with van der Waals surface area (Å²) in [6.07, 6.45) is 3.10. The van der Waals surface area contributed by atoms with Crippen LogP contribution in [0.1, 0.15) is 42.2 Å². The van der Waals surface area contributed by atoms with Gasteiger partial charge in [0, 0.05) is 46.1 Å². The SMILES string of the molecule is C[C@]1(O)CC2=C(c3ccn(C(F)F)n3)[C@H](c3ccc(F)cc3Cl)N=C(c3nccs3)N2C1. The van der Waals surface area contributed by atoms with E-state index in [0.29, 0.717) is 32.4 Å². The van der Waals surface area contributed by atoms with Gasteiger partial charge in [-0.25, -0.2) is 14.1 Å². The molecule has 0 saturated carbocycles. The average molecular weight is 480 g/mol. The molecule has 0 bridgehead atoms. The zero-order valence-electron chi connectivity index (χ0n) is 16.7. The molecule has 0 spiro atoms. The van der Waals surface area contributed by atoms with Crippen LogP contribution in [0.15, 0.2) is 52.7 Å².